The normalized spacial score (nSPS) is 22.8. The average Bonchev–Trinajstić information content (AvgIpc) is 2.61. The second-order valence-electron chi connectivity index (χ2n) is 6.48. The Labute approximate surface area is 142 Å². The second-order valence-corrected chi connectivity index (χ2v) is 6.48. The van der Waals surface area contributed by atoms with Crippen LogP contribution in [0.4, 0.5) is 0 Å². The molecule has 2 heterocycles. The van der Waals surface area contributed by atoms with Gasteiger partial charge in [0.25, 0.3) is 0 Å². The maximum Gasteiger partial charge on any atom is 0.223 e. The fourth-order valence-electron chi connectivity index (χ4n) is 3.39. The number of benzene rings is 1. The largest absolute Gasteiger partial charge is 0.381 e. The van der Waals surface area contributed by atoms with E-state index in [9.17, 15) is 9.59 Å². The van der Waals surface area contributed by atoms with Gasteiger partial charge in [0, 0.05) is 26.3 Å². The lowest BCUT2D eigenvalue weighted by Crippen LogP contribution is -2.37. The first-order chi connectivity index (χ1) is 11.6. The fourth-order valence-corrected chi connectivity index (χ4v) is 3.39. The number of carbonyl (C=O) groups is 2. The van der Waals surface area contributed by atoms with Crippen LogP contribution in [-0.4, -0.2) is 36.5 Å². The van der Waals surface area contributed by atoms with Gasteiger partial charge in [-0.05, 0) is 36.0 Å². The maximum atomic E-state index is 12.4. The molecular formula is C19H24N2O3. The van der Waals surface area contributed by atoms with Gasteiger partial charge in [0.2, 0.25) is 11.8 Å². The van der Waals surface area contributed by atoms with Gasteiger partial charge in [-0.3, -0.25) is 9.59 Å². The molecule has 1 aromatic rings. The molecule has 0 radical (unpaired) electrons. The summed E-state index contributed by atoms with van der Waals surface area (Å²) in [6.07, 6.45) is 6.12. The quantitative estimate of drug-likeness (QED) is 0.924. The van der Waals surface area contributed by atoms with Crippen molar-refractivity contribution < 1.29 is 14.3 Å². The molecule has 2 aliphatic heterocycles. The molecular weight excluding hydrogens is 304 g/mol. The van der Waals surface area contributed by atoms with Gasteiger partial charge in [-0.25, -0.2) is 0 Å². The van der Waals surface area contributed by atoms with Crippen LogP contribution >= 0.6 is 0 Å². The molecule has 0 bridgehead atoms. The molecule has 3 rings (SSSR count). The Morgan fingerprint density at radius 1 is 1.33 bits per heavy atom. The van der Waals surface area contributed by atoms with Crippen LogP contribution in [0.2, 0.25) is 0 Å². The van der Waals surface area contributed by atoms with Crippen LogP contribution in [0.15, 0.2) is 30.5 Å². The number of amides is 2. The van der Waals surface area contributed by atoms with E-state index in [1.54, 1.807) is 11.1 Å². The topological polar surface area (TPSA) is 58.6 Å². The number of fused-ring (bicyclic) bond motifs is 1. The highest BCUT2D eigenvalue weighted by Crippen LogP contribution is 2.32. The third-order valence-electron chi connectivity index (χ3n) is 4.69. The van der Waals surface area contributed by atoms with E-state index in [4.69, 9.17) is 4.74 Å². The molecule has 2 aliphatic rings. The number of rotatable bonds is 4. The third-order valence-corrected chi connectivity index (χ3v) is 4.69. The first kappa shape index (κ1) is 16.7. The summed E-state index contributed by atoms with van der Waals surface area (Å²) >= 11 is 0. The van der Waals surface area contributed by atoms with Gasteiger partial charge in [-0.1, -0.05) is 24.3 Å². The maximum absolute atomic E-state index is 12.4. The Balaban J connectivity index is 1.65. The molecule has 0 aliphatic carbocycles. The third kappa shape index (κ3) is 3.85. The van der Waals surface area contributed by atoms with Gasteiger partial charge in [0.15, 0.2) is 0 Å². The molecule has 24 heavy (non-hydrogen) atoms. The Morgan fingerprint density at radius 3 is 2.92 bits per heavy atom. The van der Waals surface area contributed by atoms with E-state index in [0.717, 1.165) is 37.2 Å². The number of ether oxygens (including phenoxy) is 1. The highest BCUT2D eigenvalue weighted by molar-refractivity contribution is 5.81. The van der Waals surface area contributed by atoms with Crippen molar-refractivity contribution in [2.24, 2.45) is 5.92 Å². The summed E-state index contributed by atoms with van der Waals surface area (Å²) in [7, 11) is 0. The highest BCUT2D eigenvalue weighted by Gasteiger charge is 2.28. The summed E-state index contributed by atoms with van der Waals surface area (Å²) in [5.74, 6) is 0.311. The zero-order valence-corrected chi connectivity index (χ0v) is 14.0. The van der Waals surface area contributed by atoms with Gasteiger partial charge < -0.3 is 15.0 Å². The van der Waals surface area contributed by atoms with Crippen molar-refractivity contribution in [2.75, 3.05) is 19.8 Å². The van der Waals surface area contributed by atoms with Crippen molar-refractivity contribution in [1.82, 2.24) is 10.2 Å². The minimum Gasteiger partial charge on any atom is -0.381 e. The van der Waals surface area contributed by atoms with Crippen LogP contribution in [-0.2, 0) is 14.3 Å². The van der Waals surface area contributed by atoms with Gasteiger partial charge in [-0.15, -0.1) is 0 Å². The summed E-state index contributed by atoms with van der Waals surface area (Å²) in [5, 5.41) is 3.01. The zero-order valence-electron chi connectivity index (χ0n) is 14.0. The highest BCUT2D eigenvalue weighted by atomic mass is 16.5. The van der Waals surface area contributed by atoms with Gasteiger partial charge in [0.05, 0.1) is 19.1 Å². The lowest BCUT2D eigenvalue weighted by molar-refractivity contribution is -0.130. The molecule has 1 aromatic carbocycles. The SMILES string of the molecule is CC(=O)N1C=Cc2ccccc2[C@@H]1CC(=O)NC[C@H]1CCCOC1. The Kier molecular flexibility index (Phi) is 5.30. The first-order valence-electron chi connectivity index (χ1n) is 8.55. The molecule has 1 saturated heterocycles. The molecule has 128 valence electrons. The number of hydrogen-bond donors (Lipinski definition) is 1. The van der Waals surface area contributed by atoms with E-state index < -0.39 is 0 Å². The molecule has 0 unspecified atom stereocenters. The first-order valence-corrected chi connectivity index (χ1v) is 8.55. The molecule has 1 fully saturated rings. The fraction of sp³-hybridized carbons (Fsp3) is 0.474. The van der Waals surface area contributed by atoms with Crippen molar-refractivity contribution in [3.63, 3.8) is 0 Å². The van der Waals surface area contributed by atoms with Crippen LogP contribution in [0.5, 0.6) is 0 Å². The minimum absolute atomic E-state index is 0.0260. The zero-order chi connectivity index (χ0) is 16.9. The van der Waals surface area contributed by atoms with E-state index in [0.29, 0.717) is 12.5 Å². The van der Waals surface area contributed by atoms with Crippen molar-refractivity contribution in [2.45, 2.75) is 32.2 Å². The summed E-state index contributed by atoms with van der Waals surface area (Å²) in [4.78, 5) is 26.0. The van der Waals surface area contributed by atoms with Crippen molar-refractivity contribution in [3.05, 3.63) is 41.6 Å². The van der Waals surface area contributed by atoms with Crippen LogP contribution in [0.25, 0.3) is 6.08 Å². The summed E-state index contributed by atoms with van der Waals surface area (Å²) < 4.78 is 5.45. The van der Waals surface area contributed by atoms with Gasteiger partial charge in [0.1, 0.15) is 0 Å². The molecule has 1 N–H and O–H groups in total. The Bertz CT molecular complexity index is 635. The summed E-state index contributed by atoms with van der Waals surface area (Å²) in [6, 6.07) is 7.66. The van der Waals surface area contributed by atoms with Crippen LogP contribution in [0.3, 0.4) is 0 Å². The predicted octanol–water partition coefficient (Wildman–Crippen LogP) is 2.49. The van der Waals surface area contributed by atoms with Crippen molar-refractivity contribution in [3.8, 4) is 0 Å². The molecule has 2 atom stereocenters. The number of nitrogens with one attached hydrogen (secondary N) is 1. The monoisotopic (exact) mass is 328 g/mol. The van der Waals surface area contributed by atoms with Crippen molar-refractivity contribution >= 4 is 17.9 Å². The Morgan fingerprint density at radius 2 is 2.17 bits per heavy atom. The van der Waals surface area contributed by atoms with E-state index in [-0.39, 0.29) is 24.3 Å². The van der Waals surface area contributed by atoms with Gasteiger partial charge >= 0.3 is 0 Å². The minimum atomic E-state index is -0.244. The van der Waals surface area contributed by atoms with E-state index >= 15 is 0 Å². The average molecular weight is 328 g/mol. The molecule has 2 amide bonds. The molecule has 5 heteroatoms. The molecule has 0 spiro atoms. The second kappa shape index (κ2) is 7.62. The smallest absolute Gasteiger partial charge is 0.223 e. The van der Waals surface area contributed by atoms with E-state index in [2.05, 4.69) is 5.32 Å². The van der Waals surface area contributed by atoms with Crippen LogP contribution in [0, 0.1) is 5.92 Å². The van der Waals surface area contributed by atoms with Crippen LogP contribution in [0.1, 0.15) is 43.4 Å². The summed E-state index contributed by atoms with van der Waals surface area (Å²) in [6.45, 7) is 3.71. The van der Waals surface area contributed by atoms with Crippen molar-refractivity contribution in [1.29, 1.82) is 0 Å². The standard InChI is InChI=1S/C19H24N2O3/c1-14(22)21-9-8-16-6-2-3-7-17(16)18(21)11-19(23)20-12-15-5-4-10-24-13-15/h2-3,6-9,15,18H,4-5,10-13H2,1H3,(H,20,23)/t15-,18+/m1/s1. The number of nitrogens with zero attached hydrogens (tertiary/aromatic N) is 1. The summed E-state index contributed by atoms with van der Waals surface area (Å²) in [5.41, 5.74) is 2.08. The van der Waals surface area contributed by atoms with E-state index in [1.165, 1.54) is 6.92 Å². The molecule has 0 saturated carbocycles. The number of hydrogen-bond acceptors (Lipinski definition) is 3. The Hall–Kier alpha value is -2.14. The number of carbonyl (C=O) groups excluding carboxylic acids is 2. The molecule has 0 aromatic heterocycles. The lowest BCUT2D eigenvalue weighted by Gasteiger charge is -2.32. The van der Waals surface area contributed by atoms with Gasteiger partial charge in [-0.2, -0.15) is 0 Å². The van der Waals surface area contributed by atoms with E-state index in [1.807, 2.05) is 30.3 Å². The lowest BCUT2D eigenvalue weighted by atomic mass is 9.93. The molecule has 5 nitrogen and oxygen atoms in total. The van der Waals surface area contributed by atoms with Crippen LogP contribution < -0.4 is 5.32 Å². The predicted molar refractivity (Wildman–Crippen MR) is 91.9 cm³/mol.